The Labute approximate surface area is 107 Å². The van der Waals surface area contributed by atoms with E-state index < -0.39 is 0 Å². The van der Waals surface area contributed by atoms with Crippen LogP contribution in [0.2, 0.25) is 0 Å². The van der Waals surface area contributed by atoms with Gasteiger partial charge in [0.2, 0.25) is 0 Å². The van der Waals surface area contributed by atoms with Crippen LogP contribution in [0.5, 0.6) is 0 Å². The van der Waals surface area contributed by atoms with Crippen LogP contribution < -0.4 is 0 Å². The zero-order valence-corrected chi connectivity index (χ0v) is 11.0. The smallest absolute Gasteiger partial charge is 0.157 e. The van der Waals surface area contributed by atoms with Gasteiger partial charge in [0.1, 0.15) is 0 Å². The second-order valence-corrected chi connectivity index (χ2v) is 5.47. The molecule has 0 N–H and O–H groups in total. The lowest BCUT2D eigenvalue weighted by molar-refractivity contribution is -0.115. The van der Waals surface area contributed by atoms with Crippen molar-refractivity contribution in [2.24, 2.45) is 0 Å². The van der Waals surface area contributed by atoms with Crippen LogP contribution in [0.25, 0.3) is 0 Å². The summed E-state index contributed by atoms with van der Waals surface area (Å²) in [6.45, 7) is 4.36. The third-order valence-corrected chi connectivity index (χ3v) is 3.54. The Balaban J connectivity index is 2.18. The fraction of sp³-hybridized carbons (Fsp3) is 0.400. The quantitative estimate of drug-likeness (QED) is 0.759. The summed E-state index contributed by atoms with van der Waals surface area (Å²) in [6, 6.07) is 8.55. The summed E-state index contributed by atoms with van der Waals surface area (Å²) in [5.74, 6) is 0.931. The number of hydrogen-bond donors (Lipinski definition) is 0. The molecule has 1 aliphatic rings. The van der Waals surface area contributed by atoms with Crippen LogP contribution in [-0.4, -0.2) is 5.78 Å². The first-order chi connectivity index (χ1) is 8.06. The van der Waals surface area contributed by atoms with E-state index in [1.165, 1.54) is 11.1 Å². The van der Waals surface area contributed by atoms with Crippen molar-refractivity contribution >= 4 is 17.4 Å². The highest BCUT2D eigenvalue weighted by molar-refractivity contribution is 6.31. The molecule has 0 bridgehead atoms. The summed E-state index contributed by atoms with van der Waals surface area (Å²) < 4.78 is 0. The maximum absolute atomic E-state index is 11.5. The lowest BCUT2D eigenvalue weighted by Crippen LogP contribution is -2.11. The Bertz CT molecular complexity index is 442. The highest BCUT2D eigenvalue weighted by atomic mass is 35.5. The molecule has 0 spiro atoms. The first-order valence-electron chi connectivity index (χ1n) is 6.05. The largest absolute Gasteiger partial charge is 0.295 e. The van der Waals surface area contributed by atoms with Crippen molar-refractivity contribution in [1.29, 1.82) is 0 Å². The van der Waals surface area contributed by atoms with Gasteiger partial charge in [0.25, 0.3) is 0 Å². The zero-order chi connectivity index (χ0) is 12.4. The first-order valence-corrected chi connectivity index (χ1v) is 6.43. The minimum atomic E-state index is 0.138. The molecule has 0 saturated heterocycles. The minimum Gasteiger partial charge on any atom is -0.295 e. The summed E-state index contributed by atoms with van der Waals surface area (Å²) in [6.07, 6.45) is 2.92. The molecule has 2 rings (SSSR count). The first kappa shape index (κ1) is 12.4. The topological polar surface area (TPSA) is 17.1 Å². The average Bonchev–Trinajstić information content (AvgIpc) is 2.28. The van der Waals surface area contributed by atoms with Crippen molar-refractivity contribution in [2.45, 2.75) is 38.5 Å². The molecular weight excluding hydrogens is 232 g/mol. The van der Waals surface area contributed by atoms with E-state index >= 15 is 0 Å². The van der Waals surface area contributed by atoms with Gasteiger partial charge in [-0.15, -0.1) is 0 Å². The van der Waals surface area contributed by atoms with Gasteiger partial charge in [0.15, 0.2) is 5.78 Å². The van der Waals surface area contributed by atoms with E-state index in [-0.39, 0.29) is 11.7 Å². The van der Waals surface area contributed by atoms with Gasteiger partial charge in [-0.05, 0) is 35.5 Å². The normalized spacial score (nSPS) is 20.6. The predicted octanol–water partition coefficient (Wildman–Crippen LogP) is 4.38. The minimum absolute atomic E-state index is 0.138. The molecule has 1 aromatic carbocycles. The zero-order valence-electron chi connectivity index (χ0n) is 10.2. The number of allylic oxidation sites excluding steroid dienone is 2. The molecule has 1 atom stereocenters. The molecule has 0 fully saturated rings. The van der Waals surface area contributed by atoms with E-state index in [2.05, 4.69) is 38.1 Å². The van der Waals surface area contributed by atoms with Gasteiger partial charge in [-0.25, -0.2) is 0 Å². The van der Waals surface area contributed by atoms with E-state index in [0.717, 1.165) is 6.42 Å². The van der Waals surface area contributed by atoms with Crippen LogP contribution in [0, 0.1) is 0 Å². The molecule has 0 saturated carbocycles. The van der Waals surface area contributed by atoms with Gasteiger partial charge in [0, 0.05) is 11.5 Å². The van der Waals surface area contributed by atoms with Crippen LogP contribution in [0.1, 0.15) is 49.7 Å². The summed E-state index contributed by atoms with van der Waals surface area (Å²) in [7, 11) is 0. The summed E-state index contributed by atoms with van der Waals surface area (Å²) in [5.41, 5.74) is 2.55. The van der Waals surface area contributed by atoms with E-state index in [4.69, 9.17) is 11.6 Å². The Hall–Kier alpha value is -1.08. The molecular formula is C15H17ClO. The number of hydrogen-bond acceptors (Lipinski definition) is 1. The van der Waals surface area contributed by atoms with Crippen molar-refractivity contribution in [3.05, 3.63) is 46.5 Å². The van der Waals surface area contributed by atoms with E-state index in [9.17, 15) is 4.79 Å². The molecule has 1 nitrogen and oxygen atoms in total. The van der Waals surface area contributed by atoms with Crippen LogP contribution in [-0.2, 0) is 4.79 Å². The Morgan fingerprint density at radius 1 is 1.18 bits per heavy atom. The van der Waals surface area contributed by atoms with E-state index in [0.29, 0.717) is 17.4 Å². The molecule has 0 aromatic heterocycles. The third kappa shape index (κ3) is 2.98. The van der Waals surface area contributed by atoms with Crippen LogP contribution in [0.4, 0.5) is 0 Å². The third-order valence-electron chi connectivity index (χ3n) is 3.28. The van der Waals surface area contributed by atoms with Crippen molar-refractivity contribution in [1.82, 2.24) is 0 Å². The lowest BCUT2D eigenvalue weighted by atomic mass is 9.86. The van der Waals surface area contributed by atoms with Crippen molar-refractivity contribution in [2.75, 3.05) is 0 Å². The van der Waals surface area contributed by atoms with Crippen LogP contribution >= 0.6 is 11.6 Å². The van der Waals surface area contributed by atoms with Crippen molar-refractivity contribution in [3.63, 3.8) is 0 Å². The Morgan fingerprint density at radius 2 is 1.82 bits per heavy atom. The molecule has 0 radical (unpaired) electrons. The monoisotopic (exact) mass is 248 g/mol. The molecule has 1 aliphatic carbocycles. The van der Waals surface area contributed by atoms with Gasteiger partial charge in [0.05, 0.1) is 0 Å². The fourth-order valence-electron chi connectivity index (χ4n) is 2.23. The SMILES string of the molecule is CC(C)c1ccc([C@H]2CC(=O)C=C(Cl)C2)cc1. The van der Waals surface area contributed by atoms with E-state index in [1.807, 2.05) is 0 Å². The second kappa shape index (κ2) is 5.05. The summed E-state index contributed by atoms with van der Waals surface area (Å²) in [5, 5.41) is 0.680. The highest BCUT2D eigenvalue weighted by Crippen LogP contribution is 2.33. The van der Waals surface area contributed by atoms with Gasteiger partial charge >= 0.3 is 0 Å². The van der Waals surface area contributed by atoms with Crippen molar-refractivity contribution in [3.8, 4) is 0 Å². The lowest BCUT2D eigenvalue weighted by Gasteiger charge is -2.20. The number of benzene rings is 1. The predicted molar refractivity (Wildman–Crippen MR) is 71.4 cm³/mol. The molecule has 90 valence electrons. The number of carbonyl (C=O) groups excluding carboxylic acids is 1. The number of halogens is 1. The molecule has 0 amide bonds. The Morgan fingerprint density at radius 3 is 2.35 bits per heavy atom. The molecule has 0 unspecified atom stereocenters. The maximum Gasteiger partial charge on any atom is 0.157 e. The van der Waals surface area contributed by atoms with Crippen molar-refractivity contribution < 1.29 is 4.79 Å². The highest BCUT2D eigenvalue weighted by Gasteiger charge is 2.21. The summed E-state index contributed by atoms with van der Waals surface area (Å²) >= 11 is 5.98. The molecule has 0 heterocycles. The standard InChI is InChI=1S/C15H17ClO/c1-10(2)11-3-5-12(6-4-11)13-7-14(16)9-15(17)8-13/h3-6,9-10,13H,7-8H2,1-2H3/t13-/m1/s1. The average molecular weight is 249 g/mol. The molecule has 2 heteroatoms. The maximum atomic E-state index is 11.5. The number of carbonyl (C=O) groups is 1. The van der Waals surface area contributed by atoms with Gasteiger partial charge in [-0.3, -0.25) is 4.79 Å². The van der Waals surface area contributed by atoms with Crippen LogP contribution in [0.15, 0.2) is 35.4 Å². The molecule has 17 heavy (non-hydrogen) atoms. The summed E-state index contributed by atoms with van der Waals surface area (Å²) in [4.78, 5) is 11.5. The van der Waals surface area contributed by atoms with Gasteiger partial charge < -0.3 is 0 Å². The second-order valence-electron chi connectivity index (χ2n) is 4.98. The van der Waals surface area contributed by atoms with Gasteiger partial charge in [-0.1, -0.05) is 49.7 Å². The molecule has 1 aromatic rings. The fourth-order valence-corrected chi connectivity index (χ4v) is 2.54. The Kier molecular flexibility index (Phi) is 3.68. The number of rotatable bonds is 2. The number of ketones is 1. The molecule has 0 aliphatic heterocycles. The van der Waals surface area contributed by atoms with Gasteiger partial charge in [-0.2, -0.15) is 0 Å². The van der Waals surface area contributed by atoms with Crippen LogP contribution in [0.3, 0.4) is 0 Å². The van der Waals surface area contributed by atoms with E-state index in [1.54, 1.807) is 6.08 Å².